The largest absolute Gasteiger partial charge is 0.389 e. The number of rotatable bonds is 7. The van der Waals surface area contributed by atoms with Crippen LogP contribution in [0.4, 0.5) is 0 Å². The quantitative estimate of drug-likeness (QED) is 0.712. The van der Waals surface area contributed by atoms with Gasteiger partial charge in [0.1, 0.15) is 11.6 Å². The Balaban J connectivity index is 2.36. The van der Waals surface area contributed by atoms with Gasteiger partial charge in [-0.2, -0.15) is 0 Å². The normalized spacial score (nSPS) is 11.0. The van der Waals surface area contributed by atoms with Crippen molar-refractivity contribution < 1.29 is 9.90 Å². The molecule has 1 rings (SSSR count). The zero-order valence-corrected chi connectivity index (χ0v) is 11.0. The second-order valence-corrected chi connectivity index (χ2v) is 5.78. The minimum absolute atomic E-state index is 0.185. The Bertz CT molecular complexity index is 341. The maximum Gasteiger partial charge on any atom is 0.174 e. The molecule has 0 saturated carbocycles. The molecule has 16 heavy (non-hydrogen) atoms. The summed E-state index contributed by atoms with van der Waals surface area (Å²) >= 11 is 2.84. The number of aliphatic hydroxyl groups excluding tert-OH is 1. The van der Waals surface area contributed by atoms with Crippen molar-refractivity contribution in [2.45, 2.75) is 10.8 Å². The Morgan fingerprint density at radius 1 is 1.50 bits per heavy atom. The van der Waals surface area contributed by atoms with Crippen LogP contribution in [0.15, 0.2) is 4.34 Å². The molecule has 0 aliphatic rings. The van der Waals surface area contributed by atoms with E-state index in [-0.39, 0.29) is 11.5 Å². The second-order valence-electron chi connectivity index (χ2n) is 3.50. The third-order valence-electron chi connectivity index (χ3n) is 1.75. The van der Waals surface area contributed by atoms with E-state index < -0.39 is 6.61 Å². The Morgan fingerprint density at radius 3 is 2.88 bits per heavy atom. The summed E-state index contributed by atoms with van der Waals surface area (Å²) in [5.74, 6) is 0.0776. The van der Waals surface area contributed by atoms with Gasteiger partial charge in [0.15, 0.2) is 10.1 Å². The number of Topliss-reactive ketones (excluding diaryl/α,β-unsaturated/α-hetero) is 1. The van der Waals surface area contributed by atoms with Gasteiger partial charge in [-0.25, -0.2) is 0 Å². The summed E-state index contributed by atoms with van der Waals surface area (Å²) < 4.78 is 0.788. The topological polar surface area (TPSA) is 66.3 Å². The maximum atomic E-state index is 10.9. The van der Waals surface area contributed by atoms with Crippen molar-refractivity contribution in [3.8, 4) is 0 Å². The SMILES string of the molecule is CN(C)CCc1nnc(SCC(=O)CO)s1. The van der Waals surface area contributed by atoms with E-state index >= 15 is 0 Å². The smallest absolute Gasteiger partial charge is 0.174 e. The van der Waals surface area contributed by atoms with Crippen molar-refractivity contribution in [1.82, 2.24) is 15.1 Å². The number of aromatic nitrogens is 2. The monoisotopic (exact) mass is 261 g/mol. The summed E-state index contributed by atoms with van der Waals surface area (Å²) in [4.78, 5) is 13.0. The zero-order valence-electron chi connectivity index (χ0n) is 9.34. The highest BCUT2D eigenvalue weighted by Gasteiger charge is 2.07. The Kier molecular flexibility index (Phi) is 5.89. The van der Waals surface area contributed by atoms with Crippen LogP contribution in [0.25, 0.3) is 0 Å². The summed E-state index contributed by atoms with van der Waals surface area (Å²) in [6.07, 6.45) is 0.874. The molecule has 0 spiro atoms. The van der Waals surface area contributed by atoms with E-state index in [1.165, 1.54) is 23.1 Å². The predicted octanol–water partition coefficient (Wildman–Crippen LogP) is 0.296. The number of ketones is 1. The summed E-state index contributed by atoms with van der Waals surface area (Å²) in [6.45, 7) is 0.536. The standard InChI is InChI=1S/C9H15N3O2S2/c1-12(2)4-3-8-10-11-9(16-8)15-6-7(14)5-13/h13H,3-6H2,1-2H3. The van der Waals surface area contributed by atoms with Crippen LogP contribution in [-0.4, -0.2) is 59.0 Å². The molecule has 0 atom stereocenters. The number of likely N-dealkylation sites (N-methyl/N-ethyl adjacent to an activating group) is 1. The first-order chi connectivity index (χ1) is 7.61. The molecule has 5 nitrogen and oxygen atoms in total. The predicted molar refractivity (Wildman–Crippen MR) is 65.0 cm³/mol. The molecule has 0 bridgehead atoms. The minimum atomic E-state index is -0.403. The van der Waals surface area contributed by atoms with Crippen molar-refractivity contribution in [2.75, 3.05) is 33.0 Å². The lowest BCUT2D eigenvalue weighted by molar-refractivity contribution is -0.119. The lowest BCUT2D eigenvalue weighted by atomic mass is 10.4. The molecule has 1 heterocycles. The average Bonchev–Trinajstić information content (AvgIpc) is 2.71. The molecule has 0 unspecified atom stereocenters. The van der Waals surface area contributed by atoms with Crippen LogP contribution in [0, 0.1) is 0 Å². The number of hydrogen-bond donors (Lipinski definition) is 1. The van der Waals surface area contributed by atoms with Gasteiger partial charge in [-0.05, 0) is 14.1 Å². The van der Waals surface area contributed by atoms with E-state index in [9.17, 15) is 4.79 Å². The van der Waals surface area contributed by atoms with E-state index in [4.69, 9.17) is 5.11 Å². The summed E-state index contributed by atoms with van der Waals surface area (Å²) in [5.41, 5.74) is 0. The Hall–Kier alpha value is -0.500. The van der Waals surface area contributed by atoms with Gasteiger partial charge in [-0.1, -0.05) is 23.1 Å². The first-order valence-electron chi connectivity index (χ1n) is 4.84. The van der Waals surface area contributed by atoms with Crippen LogP contribution in [0.5, 0.6) is 0 Å². The third kappa shape index (κ3) is 5.02. The molecule has 1 aromatic heterocycles. The molecule has 0 aliphatic heterocycles. The molecule has 1 N–H and O–H groups in total. The van der Waals surface area contributed by atoms with Crippen molar-refractivity contribution in [3.05, 3.63) is 5.01 Å². The van der Waals surface area contributed by atoms with Gasteiger partial charge >= 0.3 is 0 Å². The fourth-order valence-electron chi connectivity index (χ4n) is 0.905. The van der Waals surface area contributed by atoms with Crippen molar-refractivity contribution >= 4 is 28.9 Å². The number of nitrogens with zero attached hydrogens (tertiary/aromatic N) is 3. The Labute approximate surface area is 103 Å². The number of carbonyl (C=O) groups excluding carboxylic acids is 1. The highest BCUT2D eigenvalue weighted by Crippen LogP contribution is 2.22. The van der Waals surface area contributed by atoms with Crippen LogP contribution >= 0.6 is 23.1 Å². The zero-order chi connectivity index (χ0) is 12.0. The van der Waals surface area contributed by atoms with Crippen molar-refractivity contribution in [2.24, 2.45) is 0 Å². The number of thioether (sulfide) groups is 1. The Morgan fingerprint density at radius 2 is 2.25 bits per heavy atom. The lowest BCUT2D eigenvalue weighted by Crippen LogP contribution is -2.14. The molecule has 0 aliphatic carbocycles. The van der Waals surface area contributed by atoms with Crippen LogP contribution in [0.2, 0.25) is 0 Å². The number of hydrogen-bond acceptors (Lipinski definition) is 7. The first kappa shape index (κ1) is 13.6. The molecule has 0 saturated heterocycles. The van der Waals surface area contributed by atoms with Crippen LogP contribution in [-0.2, 0) is 11.2 Å². The van der Waals surface area contributed by atoms with Crippen molar-refractivity contribution in [3.63, 3.8) is 0 Å². The van der Waals surface area contributed by atoms with Gasteiger partial charge in [-0.3, -0.25) is 4.79 Å². The maximum absolute atomic E-state index is 10.9. The molecule has 7 heteroatoms. The molecule has 0 aromatic carbocycles. The van der Waals surface area contributed by atoms with Crippen molar-refractivity contribution in [1.29, 1.82) is 0 Å². The fraction of sp³-hybridized carbons (Fsp3) is 0.667. The molecular weight excluding hydrogens is 246 g/mol. The van der Waals surface area contributed by atoms with Gasteiger partial charge in [0.25, 0.3) is 0 Å². The highest BCUT2D eigenvalue weighted by molar-refractivity contribution is 8.01. The summed E-state index contributed by atoms with van der Waals surface area (Å²) in [5, 5.41) is 17.6. The van der Waals surface area contributed by atoms with E-state index in [0.29, 0.717) is 0 Å². The second kappa shape index (κ2) is 6.95. The van der Waals surface area contributed by atoms with E-state index in [0.717, 1.165) is 22.3 Å². The number of aliphatic hydroxyl groups is 1. The van der Waals surface area contributed by atoms with Crippen LogP contribution < -0.4 is 0 Å². The van der Waals surface area contributed by atoms with E-state index in [1.807, 2.05) is 14.1 Å². The third-order valence-corrected chi connectivity index (χ3v) is 3.93. The molecule has 1 aromatic rings. The minimum Gasteiger partial charge on any atom is -0.389 e. The molecule has 0 amide bonds. The molecule has 0 fully saturated rings. The molecule has 90 valence electrons. The van der Waals surface area contributed by atoms with Gasteiger partial charge in [0.05, 0.1) is 5.75 Å². The van der Waals surface area contributed by atoms with Gasteiger partial charge in [0, 0.05) is 13.0 Å². The van der Waals surface area contributed by atoms with Gasteiger partial charge in [-0.15, -0.1) is 10.2 Å². The summed E-state index contributed by atoms with van der Waals surface area (Å²) in [6, 6.07) is 0. The molecular formula is C9H15N3O2S2. The van der Waals surface area contributed by atoms with Crippen LogP contribution in [0.1, 0.15) is 5.01 Å². The summed E-state index contributed by atoms with van der Waals surface area (Å²) in [7, 11) is 4.02. The molecule has 0 radical (unpaired) electrons. The average molecular weight is 261 g/mol. The number of carbonyl (C=O) groups is 1. The van der Waals surface area contributed by atoms with Gasteiger partial charge in [0.2, 0.25) is 0 Å². The van der Waals surface area contributed by atoms with E-state index in [2.05, 4.69) is 15.1 Å². The first-order valence-corrected chi connectivity index (χ1v) is 6.64. The highest BCUT2D eigenvalue weighted by atomic mass is 32.2. The fourth-order valence-corrected chi connectivity index (χ4v) is 2.64. The van der Waals surface area contributed by atoms with Gasteiger partial charge < -0.3 is 10.0 Å². The van der Waals surface area contributed by atoms with Crippen LogP contribution in [0.3, 0.4) is 0 Å². The van der Waals surface area contributed by atoms with E-state index in [1.54, 1.807) is 0 Å². The lowest BCUT2D eigenvalue weighted by Gasteiger charge is -2.05.